The van der Waals surface area contributed by atoms with Gasteiger partial charge in [0.2, 0.25) is 0 Å². The van der Waals surface area contributed by atoms with E-state index in [4.69, 9.17) is 5.10 Å². The minimum absolute atomic E-state index is 0.336. The third kappa shape index (κ3) is 2.61. The Hall–Kier alpha value is -1.29. The molecule has 0 aliphatic carbocycles. The van der Waals surface area contributed by atoms with E-state index in [2.05, 4.69) is 64.9 Å². The Bertz CT molecular complexity index is 660. The van der Waals surface area contributed by atoms with Crippen molar-refractivity contribution in [2.45, 2.75) is 46.1 Å². The number of hydrogen-bond acceptors (Lipinski definition) is 2. The first-order valence-electron chi connectivity index (χ1n) is 7.69. The van der Waals surface area contributed by atoms with Gasteiger partial charge in [0.1, 0.15) is 5.82 Å². The van der Waals surface area contributed by atoms with Gasteiger partial charge < -0.3 is 5.32 Å². The van der Waals surface area contributed by atoms with Gasteiger partial charge in [-0.05, 0) is 53.7 Å². The monoisotopic (exact) mass is 347 g/mol. The quantitative estimate of drug-likeness (QED) is 0.877. The molecule has 3 rings (SSSR count). The Morgan fingerprint density at radius 1 is 1.38 bits per heavy atom. The molecule has 0 saturated carbocycles. The summed E-state index contributed by atoms with van der Waals surface area (Å²) < 4.78 is 3.32. The van der Waals surface area contributed by atoms with E-state index in [0.717, 1.165) is 41.8 Å². The molecule has 21 heavy (non-hydrogen) atoms. The second-order valence-corrected chi connectivity index (χ2v) is 6.69. The van der Waals surface area contributed by atoms with E-state index in [1.165, 1.54) is 16.7 Å². The molecule has 1 N–H and O–H groups in total. The largest absolute Gasteiger partial charge is 0.369 e. The molecule has 3 nitrogen and oxygen atoms in total. The standard InChI is InChI=1S/C17H22BrN3/c1-4-5-14-16(18)17-19-9-8-15(21(17)20-14)13-10-11(2)6-7-12(13)3/h6-7,10,15,19H,4-5,8-9H2,1-3H3. The van der Waals surface area contributed by atoms with Crippen LogP contribution in [0.25, 0.3) is 0 Å². The van der Waals surface area contributed by atoms with Crippen molar-refractivity contribution in [2.75, 3.05) is 11.9 Å². The van der Waals surface area contributed by atoms with Crippen molar-refractivity contribution in [3.05, 3.63) is 45.1 Å². The summed E-state index contributed by atoms with van der Waals surface area (Å²) in [5.41, 5.74) is 5.23. The zero-order valence-electron chi connectivity index (χ0n) is 12.9. The molecule has 0 amide bonds. The average Bonchev–Trinajstić information content (AvgIpc) is 2.79. The van der Waals surface area contributed by atoms with Crippen LogP contribution in [-0.4, -0.2) is 16.3 Å². The summed E-state index contributed by atoms with van der Waals surface area (Å²) in [5, 5.41) is 8.37. The Balaban J connectivity index is 2.08. The number of nitrogens with zero attached hydrogens (tertiary/aromatic N) is 2. The number of nitrogens with one attached hydrogen (secondary N) is 1. The van der Waals surface area contributed by atoms with E-state index in [1.807, 2.05) is 0 Å². The van der Waals surface area contributed by atoms with Crippen LogP contribution in [0.1, 0.15) is 48.2 Å². The fraction of sp³-hybridized carbons (Fsp3) is 0.471. The van der Waals surface area contributed by atoms with Crippen molar-refractivity contribution in [2.24, 2.45) is 0 Å². The minimum Gasteiger partial charge on any atom is -0.369 e. The molecule has 1 aromatic heterocycles. The number of aryl methyl sites for hydroxylation is 3. The van der Waals surface area contributed by atoms with Crippen molar-refractivity contribution in [1.29, 1.82) is 0 Å². The van der Waals surface area contributed by atoms with Crippen LogP contribution in [0.15, 0.2) is 22.7 Å². The second-order valence-electron chi connectivity index (χ2n) is 5.90. The Morgan fingerprint density at radius 2 is 2.19 bits per heavy atom. The summed E-state index contributed by atoms with van der Waals surface area (Å²) in [6, 6.07) is 7.05. The molecule has 4 heteroatoms. The number of halogens is 1. The molecule has 2 aromatic rings. The lowest BCUT2D eigenvalue weighted by Crippen LogP contribution is -2.25. The fourth-order valence-corrected chi connectivity index (χ4v) is 3.70. The van der Waals surface area contributed by atoms with E-state index in [0.29, 0.717) is 6.04 Å². The molecule has 1 unspecified atom stereocenters. The number of anilines is 1. The average molecular weight is 348 g/mol. The second kappa shape index (κ2) is 5.84. The number of rotatable bonds is 3. The Labute approximate surface area is 134 Å². The zero-order chi connectivity index (χ0) is 15.0. The van der Waals surface area contributed by atoms with Crippen LogP contribution < -0.4 is 5.32 Å². The lowest BCUT2D eigenvalue weighted by atomic mass is 9.96. The van der Waals surface area contributed by atoms with Crippen molar-refractivity contribution in [3.63, 3.8) is 0 Å². The van der Waals surface area contributed by atoms with E-state index in [9.17, 15) is 0 Å². The van der Waals surface area contributed by atoms with Gasteiger partial charge in [0.05, 0.1) is 16.2 Å². The van der Waals surface area contributed by atoms with Crippen LogP contribution in [-0.2, 0) is 6.42 Å². The van der Waals surface area contributed by atoms with E-state index in [1.54, 1.807) is 0 Å². The molecule has 112 valence electrons. The maximum absolute atomic E-state index is 4.88. The van der Waals surface area contributed by atoms with Gasteiger partial charge in [-0.1, -0.05) is 37.1 Å². The minimum atomic E-state index is 0.336. The molecule has 0 fully saturated rings. The van der Waals surface area contributed by atoms with Gasteiger partial charge in [0.15, 0.2) is 0 Å². The van der Waals surface area contributed by atoms with Gasteiger partial charge in [-0.25, -0.2) is 4.68 Å². The van der Waals surface area contributed by atoms with Crippen LogP contribution in [0, 0.1) is 13.8 Å². The maximum atomic E-state index is 4.88. The predicted octanol–water partition coefficient (Wildman–Crippen LogP) is 4.62. The normalized spacial score (nSPS) is 17.4. The molecule has 1 aromatic carbocycles. The summed E-state index contributed by atoms with van der Waals surface area (Å²) >= 11 is 3.73. The van der Waals surface area contributed by atoms with Gasteiger partial charge in [-0.15, -0.1) is 0 Å². The first-order valence-corrected chi connectivity index (χ1v) is 8.49. The molecule has 1 aliphatic rings. The summed E-state index contributed by atoms with van der Waals surface area (Å²) in [6.45, 7) is 7.54. The van der Waals surface area contributed by atoms with E-state index < -0.39 is 0 Å². The molecule has 0 bridgehead atoms. The highest BCUT2D eigenvalue weighted by atomic mass is 79.9. The molecular weight excluding hydrogens is 326 g/mol. The lowest BCUT2D eigenvalue weighted by Gasteiger charge is -2.27. The van der Waals surface area contributed by atoms with Gasteiger partial charge in [0.25, 0.3) is 0 Å². The highest BCUT2D eigenvalue weighted by Gasteiger charge is 2.27. The smallest absolute Gasteiger partial charge is 0.139 e. The number of benzene rings is 1. The highest BCUT2D eigenvalue weighted by Crippen LogP contribution is 2.37. The van der Waals surface area contributed by atoms with Crippen molar-refractivity contribution >= 4 is 21.7 Å². The van der Waals surface area contributed by atoms with Crippen LogP contribution in [0.3, 0.4) is 0 Å². The molecule has 0 radical (unpaired) electrons. The van der Waals surface area contributed by atoms with Crippen molar-refractivity contribution in [1.82, 2.24) is 9.78 Å². The van der Waals surface area contributed by atoms with E-state index in [-0.39, 0.29) is 0 Å². The third-order valence-electron chi connectivity index (χ3n) is 4.20. The SMILES string of the molecule is CCCc1nn2c(c1Br)NCCC2c1cc(C)ccc1C. The Kier molecular flexibility index (Phi) is 4.07. The summed E-state index contributed by atoms with van der Waals surface area (Å²) in [5.74, 6) is 1.13. The fourth-order valence-electron chi connectivity index (χ4n) is 3.10. The molecule has 2 heterocycles. The van der Waals surface area contributed by atoms with E-state index >= 15 is 0 Å². The predicted molar refractivity (Wildman–Crippen MR) is 91.1 cm³/mol. The van der Waals surface area contributed by atoms with Crippen LogP contribution in [0.4, 0.5) is 5.82 Å². The summed E-state index contributed by atoms with van der Waals surface area (Å²) in [6.07, 6.45) is 3.21. The summed E-state index contributed by atoms with van der Waals surface area (Å²) in [4.78, 5) is 0. The van der Waals surface area contributed by atoms with Gasteiger partial charge in [0, 0.05) is 6.54 Å². The molecule has 1 aliphatic heterocycles. The number of hydrogen-bond donors (Lipinski definition) is 1. The summed E-state index contributed by atoms with van der Waals surface area (Å²) in [7, 11) is 0. The van der Waals surface area contributed by atoms with Crippen LogP contribution in [0.2, 0.25) is 0 Å². The van der Waals surface area contributed by atoms with Gasteiger partial charge in [-0.2, -0.15) is 5.10 Å². The third-order valence-corrected chi connectivity index (χ3v) is 5.04. The first-order chi connectivity index (χ1) is 10.1. The molecule has 0 saturated heterocycles. The highest BCUT2D eigenvalue weighted by molar-refractivity contribution is 9.10. The zero-order valence-corrected chi connectivity index (χ0v) is 14.5. The number of fused-ring (bicyclic) bond motifs is 1. The first kappa shape index (κ1) is 14.6. The van der Waals surface area contributed by atoms with Crippen molar-refractivity contribution in [3.8, 4) is 0 Å². The molecule has 1 atom stereocenters. The topological polar surface area (TPSA) is 29.9 Å². The van der Waals surface area contributed by atoms with Gasteiger partial charge >= 0.3 is 0 Å². The Morgan fingerprint density at radius 3 is 2.95 bits per heavy atom. The van der Waals surface area contributed by atoms with Crippen LogP contribution >= 0.6 is 15.9 Å². The van der Waals surface area contributed by atoms with Gasteiger partial charge in [-0.3, -0.25) is 0 Å². The van der Waals surface area contributed by atoms with Crippen LogP contribution in [0.5, 0.6) is 0 Å². The van der Waals surface area contributed by atoms with Crippen molar-refractivity contribution < 1.29 is 0 Å². The maximum Gasteiger partial charge on any atom is 0.139 e. The lowest BCUT2D eigenvalue weighted by molar-refractivity contribution is 0.475. The molecular formula is C17H22BrN3. The number of aromatic nitrogens is 2. The molecule has 0 spiro atoms.